The molecule has 0 radical (unpaired) electrons. The van der Waals surface area contributed by atoms with Gasteiger partial charge in [-0.15, -0.1) is 0 Å². The van der Waals surface area contributed by atoms with Gasteiger partial charge in [-0.1, -0.05) is 48.0 Å². The number of sulfonamides is 1. The molecular weight excluding hydrogens is 486 g/mol. The number of nitrogens with one attached hydrogen (secondary N) is 1. The molecule has 9 heteroatoms. The fourth-order valence-corrected chi connectivity index (χ4v) is 5.70. The topological polar surface area (TPSA) is 99.6 Å². The standard InChI is InChI=1S/C26H28ClN3O4S/c27-20-11-14-24(15-12-20)35(33,34)29-22-16-23(7-2-1-3-9-26(31)32)30(18-22)17-21-13-10-19-6-4-5-8-25(19)28-21/h2,4-8,10-15,22-23,29H,1,3,9,16-18H2,(H,31,32)/t22-,23-/m1/s1. The van der Waals surface area contributed by atoms with E-state index in [0.29, 0.717) is 37.4 Å². The van der Waals surface area contributed by atoms with E-state index in [9.17, 15) is 13.2 Å². The molecule has 1 saturated heterocycles. The van der Waals surface area contributed by atoms with Gasteiger partial charge in [0.25, 0.3) is 0 Å². The first kappa shape index (κ1) is 25.3. The van der Waals surface area contributed by atoms with Crippen LogP contribution in [0.3, 0.4) is 0 Å². The second kappa shape index (κ2) is 11.3. The molecule has 1 aliphatic heterocycles. The number of nitrogens with zero attached hydrogens (tertiary/aromatic N) is 2. The highest BCUT2D eigenvalue weighted by Crippen LogP contribution is 2.24. The van der Waals surface area contributed by atoms with Crippen molar-refractivity contribution in [1.82, 2.24) is 14.6 Å². The predicted octanol–water partition coefficient (Wildman–Crippen LogP) is 4.62. The number of fused-ring (bicyclic) bond motifs is 1. The second-order valence-electron chi connectivity index (χ2n) is 8.71. The lowest BCUT2D eigenvalue weighted by atomic mass is 10.1. The number of hydrogen-bond donors (Lipinski definition) is 2. The number of carbonyl (C=O) groups is 1. The summed E-state index contributed by atoms with van der Waals surface area (Å²) in [7, 11) is -3.69. The number of para-hydroxylation sites is 1. The average Bonchev–Trinajstić information content (AvgIpc) is 3.18. The third kappa shape index (κ3) is 6.89. The fraction of sp³-hybridized carbons (Fsp3) is 0.308. The van der Waals surface area contributed by atoms with Crippen molar-refractivity contribution in [3.05, 3.63) is 83.5 Å². The van der Waals surface area contributed by atoms with Crippen molar-refractivity contribution < 1.29 is 18.3 Å². The number of likely N-dealkylation sites (tertiary alicyclic amines) is 1. The van der Waals surface area contributed by atoms with Crippen LogP contribution in [0.25, 0.3) is 10.9 Å². The molecule has 1 fully saturated rings. The quantitative estimate of drug-likeness (QED) is 0.303. The monoisotopic (exact) mass is 513 g/mol. The van der Waals surface area contributed by atoms with Crippen LogP contribution in [0.2, 0.25) is 5.02 Å². The molecule has 2 N–H and O–H groups in total. The lowest BCUT2D eigenvalue weighted by molar-refractivity contribution is -0.137. The van der Waals surface area contributed by atoms with E-state index < -0.39 is 16.0 Å². The molecule has 2 heterocycles. The summed E-state index contributed by atoms with van der Waals surface area (Å²) in [5.74, 6) is -0.806. The number of benzene rings is 2. The van der Waals surface area contributed by atoms with Gasteiger partial charge in [0, 0.05) is 42.0 Å². The van der Waals surface area contributed by atoms with Crippen LogP contribution in [-0.4, -0.2) is 48.0 Å². The minimum atomic E-state index is -3.69. The Balaban J connectivity index is 1.49. The number of halogens is 1. The molecule has 7 nitrogen and oxygen atoms in total. The van der Waals surface area contributed by atoms with Crippen LogP contribution >= 0.6 is 11.6 Å². The molecule has 35 heavy (non-hydrogen) atoms. The highest BCUT2D eigenvalue weighted by molar-refractivity contribution is 7.89. The Kier molecular flexibility index (Phi) is 8.18. The molecule has 0 unspecified atom stereocenters. The van der Waals surface area contributed by atoms with Crippen LogP contribution in [0, 0.1) is 0 Å². The van der Waals surface area contributed by atoms with Gasteiger partial charge in [0.2, 0.25) is 10.0 Å². The van der Waals surface area contributed by atoms with Crippen LogP contribution in [0.1, 0.15) is 31.4 Å². The third-order valence-corrected chi connectivity index (χ3v) is 7.82. The van der Waals surface area contributed by atoms with Crippen LogP contribution in [-0.2, 0) is 21.4 Å². The molecule has 1 aliphatic rings. The Morgan fingerprint density at radius 2 is 1.91 bits per heavy atom. The van der Waals surface area contributed by atoms with Crippen molar-refractivity contribution in [3.8, 4) is 0 Å². The number of unbranched alkanes of at least 4 members (excludes halogenated alkanes) is 1. The van der Waals surface area contributed by atoms with Gasteiger partial charge >= 0.3 is 5.97 Å². The Hall–Kier alpha value is -2.78. The molecule has 0 saturated carbocycles. The lowest BCUT2D eigenvalue weighted by Gasteiger charge is -2.21. The smallest absolute Gasteiger partial charge is 0.303 e. The van der Waals surface area contributed by atoms with Gasteiger partial charge in [-0.25, -0.2) is 13.1 Å². The second-order valence-corrected chi connectivity index (χ2v) is 10.9. The molecule has 0 bridgehead atoms. The van der Waals surface area contributed by atoms with Crippen molar-refractivity contribution in [2.75, 3.05) is 6.54 Å². The normalized spacial score (nSPS) is 19.0. The largest absolute Gasteiger partial charge is 0.481 e. The van der Waals surface area contributed by atoms with E-state index in [4.69, 9.17) is 21.7 Å². The number of pyridine rings is 1. The molecule has 0 spiro atoms. The number of carboxylic acids is 1. The molecular formula is C26H28ClN3O4S. The summed E-state index contributed by atoms with van der Waals surface area (Å²) in [6, 6.07) is 17.8. The number of aromatic nitrogens is 1. The van der Waals surface area contributed by atoms with E-state index in [2.05, 4.69) is 15.7 Å². The van der Waals surface area contributed by atoms with Gasteiger partial charge in [0.15, 0.2) is 0 Å². The van der Waals surface area contributed by atoms with Gasteiger partial charge in [-0.3, -0.25) is 14.7 Å². The summed E-state index contributed by atoms with van der Waals surface area (Å²) in [6.07, 6.45) is 6.01. The van der Waals surface area contributed by atoms with E-state index in [-0.39, 0.29) is 23.4 Å². The lowest BCUT2D eigenvalue weighted by Crippen LogP contribution is -2.37. The van der Waals surface area contributed by atoms with Crippen molar-refractivity contribution in [2.24, 2.45) is 0 Å². The predicted molar refractivity (Wildman–Crippen MR) is 137 cm³/mol. The Morgan fingerprint density at radius 1 is 1.14 bits per heavy atom. The average molecular weight is 514 g/mol. The van der Waals surface area contributed by atoms with E-state index in [1.807, 2.05) is 42.5 Å². The highest BCUT2D eigenvalue weighted by Gasteiger charge is 2.33. The van der Waals surface area contributed by atoms with Crippen LogP contribution in [0.15, 0.2) is 77.7 Å². The van der Waals surface area contributed by atoms with E-state index in [1.54, 1.807) is 12.1 Å². The van der Waals surface area contributed by atoms with E-state index >= 15 is 0 Å². The summed E-state index contributed by atoms with van der Waals surface area (Å²) < 4.78 is 28.7. The van der Waals surface area contributed by atoms with Crippen molar-refractivity contribution in [1.29, 1.82) is 0 Å². The first-order chi connectivity index (χ1) is 16.8. The van der Waals surface area contributed by atoms with Gasteiger partial charge in [-0.2, -0.15) is 0 Å². The zero-order chi connectivity index (χ0) is 24.8. The summed E-state index contributed by atoms with van der Waals surface area (Å²) in [4.78, 5) is 17.9. The van der Waals surface area contributed by atoms with Crippen LogP contribution in [0.4, 0.5) is 0 Å². The molecule has 184 valence electrons. The Bertz CT molecular complexity index is 1310. The molecule has 0 amide bonds. The first-order valence-electron chi connectivity index (χ1n) is 11.6. The van der Waals surface area contributed by atoms with E-state index in [0.717, 1.165) is 16.6 Å². The fourth-order valence-electron chi connectivity index (χ4n) is 4.33. The summed E-state index contributed by atoms with van der Waals surface area (Å²) in [5.41, 5.74) is 1.83. The first-order valence-corrected chi connectivity index (χ1v) is 13.4. The Morgan fingerprint density at radius 3 is 2.69 bits per heavy atom. The molecule has 2 aromatic carbocycles. The van der Waals surface area contributed by atoms with Gasteiger partial charge in [0.05, 0.1) is 16.1 Å². The SMILES string of the molecule is O=C(O)CCCC=C[C@@H]1C[C@@H](NS(=O)(=O)c2ccc(Cl)cc2)CN1Cc1ccc2ccccc2n1. The number of allylic oxidation sites excluding steroid dienone is 1. The highest BCUT2D eigenvalue weighted by atomic mass is 35.5. The van der Waals surface area contributed by atoms with Crippen LogP contribution in [0.5, 0.6) is 0 Å². The number of carboxylic acid groups (broad SMARTS) is 1. The zero-order valence-electron chi connectivity index (χ0n) is 19.2. The van der Waals surface area contributed by atoms with Gasteiger partial charge < -0.3 is 5.11 Å². The van der Waals surface area contributed by atoms with E-state index in [1.165, 1.54) is 12.1 Å². The molecule has 2 atom stereocenters. The minimum absolute atomic E-state index is 0.00557. The van der Waals surface area contributed by atoms with Crippen LogP contribution < -0.4 is 4.72 Å². The van der Waals surface area contributed by atoms with Crippen molar-refractivity contribution >= 4 is 38.5 Å². The maximum atomic E-state index is 12.9. The zero-order valence-corrected chi connectivity index (χ0v) is 20.8. The number of rotatable bonds is 10. The number of hydrogen-bond acceptors (Lipinski definition) is 5. The van der Waals surface area contributed by atoms with Gasteiger partial charge in [-0.05, 0) is 55.7 Å². The molecule has 3 aromatic rings. The maximum absolute atomic E-state index is 12.9. The third-order valence-electron chi connectivity index (χ3n) is 6.04. The van der Waals surface area contributed by atoms with Gasteiger partial charge in [0.1, 0.15) is 0 Å². The van der Waals surface area contributed by atoms with Crippen molar-refractivity contribution in [2.45, 2.75) is 49.2 Å². The minimum Gasteiger partial charge on any atom is -0.481 e. The maximum Gasteiger partial charge on any atom is 0.303 e. The number of aliphatic carboxylic acids is 1. The summed E-state index contributed by atoms with van der Waals surface area (Å²) in [6.45, 7) is 1.11. The Labute approximate surface area is 210 Å². The summed E-state index contributed by atoms with van der Waals surface area (Å²) >= 11 is 5.90. The summed E-state index contributed by atoms with van der Waals surface area (Å²) in [5, 5.41) is 10.4. The molecule has 0 aliphatic carbocycles. The van der Waals surface area contributed by atoms with Crippen molar-refractivity contribution in [3.63, 3.8) is 0 Å². The molecule has 4 rings (SSSR count). The molecule has 1 aromatic heterocycles.